The smallest absolute Gasteiger partial charge is 0.426 e. The van der Waals surface area contributed by atoms with Crippen LogP contribution in [-0.2, 0) is 10.1 Å². The number of benzene rings is 1. The average molecular weight is 642 g/mol. The second kappa shape index (κ2) is 9.06. The molecule has 1 aromatic carbocycles. The van der Waals surface area contributed by atoms with E-state index >= 15 is 0 Å². The van der Waals surface area contributed by atoms with Gasteiger partial charge in [-0.05, 0) is 12.1 Å². The molecule has 0 atom stereocenters. The molecule has 0 bridgehead atoms. The van der Waals surface area contributed by atoms with Crippen molar-refractivity contribution in [1.82, 2.24) is 0 Å². The molecule has 0 aromatic heterocycles. The first-order chi connectivity index (χ1) is 16.7. The molecule has 39 heavy (non-hydrogen) atoms. The van der Waals surface area contributed by atoms with E-state index in [1.54, 1.807) is 0 Å². The van der Waals surface area contributed by atoms with Crippen LogP contribution in [-0.4, -0.2) is 66.7 Å². The van der Waals surface area contributed by atoms with E-state index in [1.165, 1.54) is 0 Å². The fraction of sp³-hybridized carbons (Fsp3) is 0.600. The summed E-state index contributed by atoms with van der Waals surface area (Å²) in [5.74, 6) is -63.9. The normalized spacial score (nSPS) is 15.9. The fourth-order valence-electron chi connectivity index (χ4n) is 2.30. The Labute approximate surface area is 201 Å². The first-order valence-corrected chi connectivity index (χ1v) is 9.99. The van der Waals surface area contributed by atoms with E-state index in [9.17, 15) is 91.8 Å². The predicted molar refractivity (Wildman–Crippen MR) is 82.5 cm³/mol. The average Bonchev–Trinajstić information content (AvgIpc) is 2.71. The van der Waals surface area contributed by atoms with Gasteiger partial charge < -0.3 is 4.74 Å². The Balaban J connectivity index is 3.76. The Kier molecular flexibility index (Phi) is 8.04. The molecule has 0 unspecified atom stereocenters. The van der Waals surface area contributed by atoms with E-state index in [-0.39, 0.29) is 12.1 Å². The molecule has 0 fully saturated rings. The van der Waals surface area contributed by atoms with Crippen LogP contribution in [0.5, 0.6) is 5.75 Å². The van der Waals surface area contributed by atoms with Gasteiger partial charge in [-0.15, -0.1) is 0 Å². The predicted octanol–water partition coefficient (Wildman–Crippen LogP) is 6.91. The number of alkyl halides is 19. The SMILES string of the molecule is O=S(=O)(O)c1ccccc1OC(F)(F)C(F)(F)C(F)(F)C(F)(F)C(F)(F)C(F)(F)C(F)(F)C(F)(F)C(F)(F)F. The van der Waals surface area contributed by atoms with Gasteiger partial charge in [0.25, 0.3) is 10.1 Å². The second-order valence-corrected chi connectivity index (χ2v) is 8.45. The minimum absolute atomic E-state index is 0.00322. The Morgan fingerprint density at radius 1 is 0.513 bits per heavy atom. The molecular formula is C15H5F19O4S. The third kappa shape index (κ3) is 4.79. The third-order valence-electron chi connectivity index (χ3n) is 4.45. The van der Waals surface area contributed by atoms with Gasteiger partial charge in [-0.1, -0.05) is 12.1 Å². The van der Waals surface area contributed by atoms with E-state index in [0.29, 0.717) is 12.1 Å². The monoisotopic (exact) mass is 642 g/mol. The molecule has 1 aromatic rings. The molecule has 0 aliphatic heterocycles. The van der Waals surface area contributed by atoms with Crippen LogP contribution >= 0.6 is 0 Å². The Bertz CT molecular complexity index is 1170. The lowest BCUT2D eigenvalue weighted by molar-refractivity contribution is -0.476. The van der Waals surface area contributed by atoms with Crippen LogP contribution in [0.3, 0.4) is 0 Å². The van der Waals surface area contributed by atoms with Crippen molar-refractivity contribution in [2.24, 2.45) is 0 Å². The number of ether oxygens (including phenoxy) is 1. The van der Waals surface area contributed by atoms with Crippen LogP contribution in [0.25, 0.3) is 0 Å². The van der Waals surface area contributed by atoms with Crippen LogP contribution in [0.15, 0.2) is 29.2 Å². The molecule has 0 aliphatic carbocycles. The molecule has 0 saturated heterocycles. The van der Waals surface area contributed by atoms with E-state index in [0.717, 1.165) is 0 Å². The molecule has 1 N–H and O–H groups in total. The lowest BCUT2D eigenvalue weighted by Gasteiger charge is -2.43. The van der Waals surface area contributed by atoms with Crippen molar-refractivity contribution in [2.75, 3.05) is 0 Å². The lowest BCUT2D eigenvalue weighted by atomic mass is 9.88. The maximum absolute atomic E-state index is 13.8. The summed E-state index contributed by atoms with van der Waals surface area (Å²) in [7, 11) is -5.80. The number of hydrogen-bond acceptors (Lipinski definition) is 3. The summed E-state index contributed by atoms with van der Waals surface area (Å²) in [6, 6.07) is 0.659. The highest BCUT2D eigenvalue weighted by Crippen LogP contribution is 2.65. The zero-order valence-corrected chi connectivity index (χ0v) is 17.9. The van der Waals surface area contributed by atoms with E-state index in [4.69, 9.17) is 4.55 Å². The number of rotatable bonds is 10. The van der Waals surface area contributed by atoms with E-state index < -0.39 is 74.5 Å². The Morgan fingerprint density at radius 3 is 1.15 bits per heavy atom. The molecule has 0 amide bonds. The van der Waals surface area contributed by atoms with Crippen LogP contribution < -0.4 is 4.74 Å². The van der Waals surface area contributed by atoms with Gasteiger partial charge in [0.15, 0.2) is 0 Å². The summed E-state index contributed by atoms with van der Waals surface area (Å²) < 4.78 is 285. The summed E-state index contributed by atoms with van der Waals surface area (Å²) in [6.07, 6.45) is -15.4. The van der Waals surface area contributed by atoms with Gasteiger partial charge in [0, 0.05) is 0 Å². The molecule has 1 rings (SSSR count). The van der Waals surface area contributed by atoms with Crippen LogP contribution in [0, 0.1) is 0 Å². The van der Waals surface area contributed by atoms with Gasteiger partial charge in [0.2, 0.25) is 0 Å². The first kappa shape index (κ1) is 34.6. The summed E-state index contributed by atoms with van der Waals surface area (Å²) in [5.41, 5.74) is 0. The van der Waals surface area contributed by atoms with E-state index in [1.807, 2.05) is 0 Å². The molecular weight excluding hydrogens is 637 g/mol. The largest absolute Gasteiger partial charge is 0.471 e. The molecule has 4 nitrogen and oxygen atoms in total. The number of para-hydroxylation sites is 1. The molecule has 0 radical (unpaired) electrons. The highest BCUT2D eigenvalue weighted by atomic mass is 32.2. The van der Waals surface area contributed by atoms with Crippen molar-refractivity contribution in [3.63, 3.8) is 0 Å². The van der Waals surface area contributed by atoms with Crippen molar-refractivity contribution in [2.45, 2.75) is 58.6 Å². The van der Waals surface area contributed by atoms with Gasteiger partial charge in [-0.2, -0.15) is 91.8 Å². The van der Waals surface area contributed by atoms with Gasteiger partial charge >= 0.3 is 53.7 Å². The summed E-state index contributed by atoms with van der Waals surface area (Å²) >= 11 is 0. The Hall–Kier alpha value is -2.40. The highest BCUT2D eigenvalue weighted by Gasteiger charge is 2.97. The third-order valence-corrected chi connectivity index (χ3v) is 5.35. The van der Waals surface area contributed by atoms with Crippen molar-refractivity contribution in [3.05, 3.63) is 24.3 Å². The molecule has 0 spiro atoms. The van der Waals surface area contributed by atoms with Crippen molar-refractivity contribution < 1.29 is 101 Å². The standard InChI is InChI=1S/C15H5F19O4S/c16-7(17,8(18,19)10(22,23)12(26,27)14(30,31)32)9(20,21)11(24,25)13(28,29)15(33,34)38-5-3-1-2-4-6(5)39(35,36)37/h1-4H,(H,35,36,37). The molecule has 0 aliphatic rings. The van der Waals surface area contributed by atoms with Crippen molar-refractivity contribution >= 4 is 10.1 Å². The maximum Gasteiger partial charge on any atom is 0.471 e. The summed E-state index contributed by atoms with van der Waals surface area (Å²) in [6.45, 7) is 0. The van der Waals surface area contributed by atoms with Gasteiger partial charge in [0.05, 0.1) is 0 Å². The van der Waals surface area contributed by atoms with Gasteiger partial charge in [-0.3, -0.25) is 4.55 Å². The number of halogens is 19. The van der Waals surface area contributed by atoms with Gasteiger partial charge in [0.1, 0.15) is 10.6 Å². The van der Waals surface area contributed by atoms with E-state index in [2.05, 4.69) is 4.74 Å². The zero-order valence-electron chi connectivity index (χ0n) is 17.1. The van der Waals surface area contributed by atoms with Gasteiger partial charge in [-0.25, -0.2) is 0 Å². The zero-order chi connectivity index (χ0) is 31.7. The number of hydrogen-bond donors (Lipinski definition) is 1. The quantitative estimate of drug-likeness (QED) is 0.223. The minimum atomic E-state index is -9.10. The van der Waals surface area contributed by atoms with Crippen molar-refractivity contribution in [1.29, 1.82) is 0 Å². The Morgan fingerprint density at radius 2 is 0.821 bits per heavy atom. The molecule has 24 heteroatoms. The highest BCUT2D eigenvalue weighted by molar-refractivity contribution is 7.86. The molecule has 0 heterocycles. The van der Waals surface area contributed by atoms with Crippen LogP contribution in [0.4, 0.5) is 83.4 Å². The second-order valence-electron chi connectivity index (χ2n) is 7.06. The maximum atomic E-state index is 13.8. The van der Waals surface area contributed by atoms with Crippen LogP contribution in [0.2, 0.25) is 0 Å². The topological polar surface area (TPSA) is 63.6 Å². The fourth-order valence-corrected chi connectivity index (χ4v) is 2.91. The molecule has 228 valence electrons. The lowest BCUT2D eigenvalue weighted by Crippen LogP contribution is -2.76. The summed E-state index contributed by atoms with van der Waals surface area (Å²) in [5, 5.41) is 0. The first-order valence-electron chi connectivity index (χ1n) is 8.55. The summed E-state index contributed by atoms with van der Waals surface area (Å²) in [4.78, 5) is -2.01. The van der Waals surface area contributed by atoms with Crippen molar-refractivity contribution in [3.8, 4) is 5.75 Å². The molecule has 0 saturated carbocycles. The van der Waals surface area contributed by atoms with Crippen LogP contribution in [0.1, 0.15) is 0 Å². The minimum Gasteiger partial charge on any atom is -0.426 e.